The van der Waals surface area contributed by atoms with Crippen molar-refractivity contribution in [3.63, 3.8) is 0 Å². The molecule has 0 unspecified atom stereocenters. The van der Waals surface area contributed by atoms with Gasteiger partial charge in [-0.1, -0.05) is 54.6 Å². The molecule has 3 rings (SSSR count). The van der Waals surface area contributed by atoms with Crippen LogP contribution in [0.4, 0.5) is 5.69 Å². The van der Waals surface area contributed by atoms with Crippen LogP contribution in [-0.2, 0) is 6.54 Å². The lowest BCUT2D eigenvalue weighted by Crippen LogP contribution is -2.22. The summed E-state index contributed by atoms with van der Waals surface area (Å²) in [6.07, 6.45) is 0. The Morgan fingerprint density at radius 1 is 0.964 bits per heavy atom. The van der Waals surface area contributed by atoms with Crippen LogP contribution in [0.5, 0.6) is 0 Å². The zero-order valence-electron chi connectivity index (χ0n) is 16.7. The molecule has 0 spiro atoms. The number of hydrogen-bond donors (Lipinski definition) is 2. The first-order valence-corrected chi connectivity index (χ1v) is 9.40. The van der Waals surface area contributed by atoms with Crippen molar-refractivity contribution in [2.45, 2.75) is 20.4 Å². The van der Waals surface area contributed by atoms with Crippen molar-refractivity contribution in [2.24, 2.45) is 0 Å². The highest BCUT2D eigenvalue weighted by atomic mass is 16.1. The SMILES string of the molecule is C=C(C)c1cc(-c2cccc(C(=O)NCc3cccc(C)c3)c2)ccc1NC. The van der Waals surface area contributed by atoms with Gasteiger partial charge in [-0.15, -0.1) is 0 Å². The second kappa shape index (κ2) is 8.57. The van der Waals surface area contributed by atoms with Gasteiger partial charge in [0.15, 0.2) is 0 Å². The number of amides is 1. The number of rotatable bonds is 6. The Morgan fingerprint density at radius 3 is 2.43 bits per heavy atom. The summed E-state index contributed by atoms with van der Waals surface area (Å²) >= 11 is 0. The zero-order valence-corrected chi connectivity index (χ0v) is 16.7. The number of benzene rings is 3. The van der Waals surface area contributed by atoms with E-state index in [0.29, 0.717) is 12.1 Å². The minimum absolute atomic E-state index is 0.0738. The molecule has 3 aromatic rings. The largest absolute Gasteiger partial charge is 0.388 e. The fourth-order valence-corrected chi connectivity index (χ4v) is 3.24. The molecule has 0 aliphatic heterocycles. The normalized spacial score (nSPS) is 10.4. The van der Waals surface area contributed by atoms with E-state index in [0.717, 1.165) is 33.5 Å². The number of allylic oxidation sites excluding steroid dienone is 1. The van der Waals surface area contributed by atoms with E-state index < -0.39 is 0 Å². The third-order valence-electron chi connectivity index (χ3n) is 4.74. The first-order valence-electron chi connectivity index (χ1n) is 9.40. The molecule has 0 fully saturated rings. The Morgan fingerprint density at radius 2 is 1.71 bits per heavy atom. The molecule has 0 bridgehead atoms. The van der Waals surface area contributed by atoms with Crippen LogP contribution in [0, 0.1) is 6.92 Å². The molecule has 28 heavy (non-hydrogen) atoms. The summed E-state index contributed by atoms with van der Waals surface area (Å²) in [5.74, 6) is -0.0738. The highest BCUT2D eigenvalue weighted by Crippen LogP contribution is 2.29. The quantitative estimate of drug-likeness (QED) is 0.587. The van der Waals surface area contributed by atoms with E-state index in [1.165, 1.54) is 5.56 Å². The predicted octanol–water partition coefficient (Wildman–Crippen LogP) is 5.67. The summed E-state index contributed by atoms with van der Waals surface area (Å²) in [4.78, 5) is 12.6. The topological polar surface area (TPSA) is 41.1 Å². The number of carbonyl (C=O) groups excluding carboxylic acids is 1. The van der Waals surface area contributed by atoms with Crippen molar-refractivity contribution in [2.75, 3.05) is 12.4 Å². The van der Waals surface area contributed by atoms with Crippen LogP contribution >= 0.6 is 0 Å². The molecular weight excluding hydrogens is 344 g/mol. The molecule has 0 aliphatic carbocycles. The summed E-state index contributed by atoms with van der Waals surface area (Å²) in [5.41, 5.74) is 8.12. The molecule has 2 N–H and O–H groups in total. The van der Waals surface area contributed by atoms with Crippen molar-refractivity contribution >= 4 is 17.2 Å². The van der Waals surface area contributed by atoms with E-state index in [1.807, 2.05) is 69.4 Å². The van der Waals surface area contributed by atoms with Crippen molar-refractivity contribution in [1.82, 2.24) is 5.32 Å². The molecule has 0 saturated heterocycles. The van der Waals surface area contributed by atoms with Crippen LogP contribution in [-0.4, -0.2) is 13.0 Å². The lowest BCUT2D eigenvalue weighted by Gasteiger charge is -2.12. The lowest BCUT2D eigenvalue weighted by atomic mass is 9.97. The molecule has 0 aromatic heterocycles. The highest BCUT2D eigenvalue weighted by molar-refractivity contribution is 5.95. The van der Waals surface area contributed by atoms with Gasteiger partial charge in [0.25, 0.3) is 5.91 Å². The van der Waals surface area contributed by atoms with Gasteiger partial charge in [0.1, 0.15) is 0 Å². The smallest absolute Gasteiger partial charge is 0.251 e. The van der Waals surface area contributed by atoms with Gasteiger partial charge in [-0.3, -0.25) is 4.79 Å². The van der Waals surface area contributed by atoms with Crippen LogP contribution in [0.2, 0.25) is 0 Å². The second-order valence-electron chi connectivity index (χ2n) is 7.04. The minimum Gasteiger partial charge on any atom is -0.388 e. The molecule has 3 heteroatoms. The molecule has 3 nitrogen and oxygen atoms in total. The number of nitrogens with one attached hydrogen (secondary N) is 2. The number of carbonyl (C=O) groups is 1. The van der Waals surface area contributed by atoms with Gasteiger partial charge in [-0.05, 0) is 60.4 Å². The molecule has 3 aromatic carbocycles. The Hall–Kier alpha value is -3.33. The fraction of sp³-hybridized carbons (Fsp3) is 0.160. The molecule has 0 radical (unpaired) electrons. The van der Waals surface area contributed by atoms with Gasteiger partial charge in [0, 0.05) is 30.4 Å². The Balaban J connectivity index is 1.81. The molecular formula is C25H26N2O. The predicted molar refractivity (Wildman–Crippen MR) is 118 cm³/mol. The third-order valence-corrected chi connectivity index (χ3v) is 4.74. The summed E-state index contributed by atoms with van der Waals surface area (Å²) in [5, 5.41) is 6.20. The van der Waals surface area contributed by atoms with Gasteiger partial charge in [0.05, 0.1) is 0 Å². The molecule has 0 aliphatic rings. The summed E-state index contributed by atoms with van der Waals surface area (Å²) in [6.45, 7) is 8.63. The Kier molecular flexibility index (Phi) is 5.95. The summed E-state index contributed by atoms with van der Waals surface area (Å²) in [6, 6.07) is 22.1. The monoisotopic (exact) mass is 370 g/mol. The van der Waals surface area contributed by atoms with Crippen molar-refractivity contribution in [3.05, 3.63) is 95.6 Å². The average Bonchev–Trinajstić information content (AvgIpc) is 2.71. The maximum Gasteiger partial charge on any atom is 0.251 e. The summed E-state index contributed by atoms with van der Waals surface area (Å²) in [7, 11) is 1.90. The van der Waals surface area contributed by atoms with Crippen molar-refractivity contribution < 1.29 is 4.79 Å². The van der Waals surface area contributed by atoms with Crippen LogP contribution < -0.4 is 10.6 Å². The minimum atomic E-state index is -0.0738. The van der Waals surface area contributed by atoms with E-state index >= 15 is 0 Å². The third kappa shape index (κ3) is 4.49. The van der Waals surface area contributed by atoms with E-state index in [4.69, 9.17) is 0 Å². The van der Waals surface area contributed by atoms with E-state index in [-0.39, 0.29) is 5.91 Å². The van der Waals surface area contributed by atoms with Crippen molar-refractivity contribution in [3.8, 4) is 11.1 Å². The van der Waals surface area contributed by atoms with Gasteiger partial charge in [-0.25, -0.2) is 0 Å². The highest BCUT2D eigenvalue weighted by Gasteiger charge is 2.09. The summed E-state index contributed by atoms with van der Waals surface area (Å²) < 4.78 is 0. The number of anilines is 1. The van der Waals surface area contributed by atoms with E-state index in [2.05, 4.69) is 35.4 Å². The second-order valence-corrected chi connectivity index (χ2v) is 7.04. The first kappa shape index (κ1) is 19.4. The molecule has 0 saturated carbocycles. The van der Waals surface area contributed by atoms with Crippen LogP contribution in [0.25, 0.3) is 16.7 Å². The zero-order chi connectivity index (χ0) is 20.1. The standard InChI is InChI=1S/C25H26N2O/c1-17(2)23-15-21(11-12-24(23)26-4)20-9-6-10-22(14-20)25(28)27-16-19-8-5-7-18(3)13-19/h5-15,26H,1,16H2,2-4H3,(H,27,28). The van der Waals surface area contributed by atoms with Gasteiger partial charge < -0.3 is 10.6 Å². The average molecular weight is 370 g/mol. The van der Waals surface area contributed by atoms with Gasteiger partial charge in [0.2, 0.25) is 0 Å². The first-order chi connectivity index (χ1) is 13.5. The van der Waals surface area contributed by atoms with E-state index in [9.17, 15) is 4.79 Å². The number of hydrogen-bond acceptors (Lipinski definition) is 2. The molecule has 0 atom stereocenters. The van der Waals surface area contributed by atoms with Crippen LogP contribution in [0.15, 0.2) is 73.3 Å². The lowest BCUT2D eigenvalue weighted by molar-refractivity contribution is 0.0951. The maximum atomic E-state index is 12.6. The number of aryl methyl sites for hydroxylation is 1. The Bertz CT molecular complexity index is 1020. The maximum absolute atomic E-state index is 12.6. The van der Waals surface area contributed by atoms with Crippen LogP contribution in [0.1, 0.15) is 34.0 Å². The molecule has 142 valence electrons. The van der Waals surface area contributed by atoms with Crippen LogP contribution in [0.3, 0.4) is 0 Å². The van der Waals surface area contributed by atoms with Crippen molar-refractivity contribution in [1.29, 1.82) is 0 Å². The molecule has 0 heterocycles. The Labute approximate surface area is 167 Å². The van der Waals surface area contributed by atoms with E-state index in [1.54, 1.807) is 0 Å². The molecule has 1 amide bonds. The van der Waals surface area contributed by atoms with Gasteiger partial charge >= 0.3 is 0 Å². The van der Waals surface area contributed by atoms with Gasteiger partial charge in [-0.2, -0.15) is 0 Å². The fourth-order valence-electron chi connectivity index (χ4n) is 3.24.